The van der Waals surface area contributed by atoms with Crippen LogP contribution in [0.15, 0.2) is 94.1 Å². The van der Waals surface area contributed by atoms with E-state index in [1.54, 1.807) is 7.11 Å². The van der Waals surface area contributed by atoms with Crippen LogP contribution in [0.4, 0.5) is 11.4 Å². The van der Waals surface area contributed by atoms with Crippen LogP contribution in [0.1, 0.15) is 22.6 Å². The highest BCUT2D eigenvalue weighted by Crippen LogP contribution is 2.48. The van der Waals surface area contributed by atoms with E-state index in [1.807, 2.05) is 60.7 Å². The summed E-state index contributed by atoms with van der Waals surface area (Å²) in [5.41, 5.74) is 4.81. The summed E-state index contributed by atoms with van der Waals surface area (Å²) in [5, 5.41) is 6.70. The number of rotatable bonds is 2. The Kier molecular flexibility index (Phi) is 3.87. The number of nitrogens with one attached hydrogen (secondary N) is 1. The second-order valence-corrected chi connectivity index (χ2v) is 7.75. The fraction of sp³-hybridized carbons (Fsp3) is 0.0741. The molecule has 0 spiro atoms. The van der Waals surface area contributed by atoms with Gasteiger partial charge < -0.3 is 14.5 Å². The van der Waals surface area contributed by atoms with Crippen molar-refractivity contribution in [3.05, 3.63) is 112 Å². The molecule has 0 saturated carbocycles. The van der Waals surface area contributed by atoms with Gasteiger partial charge in [-0.2, -0.15) is 0 Å². The molecule has 0 bridgehead atoms. The zero-order valence-electron chi connectivity index (χ0n) is 16.9. The van der Waals surface area contributed by atoms with Gasteiger partial charge in [-0.1, -0.05) is 54.6 Å². The Labute approximate surface area is 178 Å². The van der Waals surface area contributed by atoms with Gasteiger partial charge in [0.1, 0.15) is 11.3 Å². The number of fused-ring (bicyclic) bond motifs is 6. The van der Waals surface area contributed by atoms with Crippen molar-refractivity contribution in [2.75, 3.05) is 12.4 Å². The number of benzene rings is 4. The highest BCUT2D eigenvalue weighted by Gasteiger charge is 2.33. The predicted octanol–water partition coefficient (Wildman–Crippen LogP) is 6.19. The van der Waals surface area contributed by atoms with Crippen molar-refractivity contribution in [1.82, 2.24) is 0 Å². The van der Waals surface area contributed by atoms with Gasteiger partial charge in [0.25, 0.3) is 0 Å². The Balaban J connectivity index is 1.73. The van der Waals surface area contributed by atoms with Crippen LogP contribution < -0.4 is 15.7 Å². The van der Waals surface area contributed by atoms with Gasteiger partial charge in [-0.15, -0.1) is 0 Å². The molecular weight excluding hydrogens is 386 g/mol. The molecule has 4 heteroatoms. The highest BCUT2D eigenvalue weighted by molar-refractivity contribution is 6.00. The zero-order chi connectivity index (χ0) is 20.9. The number of hydrogen-bond acceptors (Lipinski definition) is 4. The van der Waals surface area contributed by atoms with E-state index >= 15 is 0 Å². The third-order valence-corrected chi connectivity index (χ3v) is 6.11. The summed E-state index contributed by atoms with van der Waals surface area (Å²) in [4.78, 5) is 13.3. The normalized spacial score (nSPS) is 14.7. The van der Waals surface area contributed by atoms with Crippen LogP contribution in [0.5, 0.6) is 5.75 Å². The van der Waals surface area contributed by atoms with Crippen molar-refractivity contribution in [1.29, 1.82) is 0 Å². The molecular formula is C27H19NO3. The van der Waals surface area contributed by atoms with E-state index in [0.29, 0.717) is 11.1 Å². The number of methoxy groups -OCH3 is 1. The number of hydrogen-bond donors (Lipinski definition) is 1. The Morgan fingerprint density at radius 2 is 1.55 bits per heavy atom. The first kappa shape index (κ1) is 17.8. The first-order chi connectivity index (χ1) is 15.2. The molecule has 1 aliphatic heterocycles. The standard InChI is InChI=1S/C27H19NO3/c1-30-18-13-10-17(11-14-18)23-24-19-7-3-2-6-16(19)12-15-21(24)28-26-20-8-4-5-9-22(20)31-27(29)25(23)26/h2-15,23,28H,1H3/t23-/m0/s1. The number of ether oxygens (including phenoxy) is 1. The minimum Gasteiger partial charge on any atom is -0.497 e. The molecule has 1 N–H and O–H groups in total. The van der Waals surface area contributed by atoms with Gasteiger partial charge in [0, 0.05) is 17.0 Å². The van der Waals surface area contributed by atoms with Crippen LogP contribution in [0.2, 0.25) is 0 Å². The third-order valence-electron chi connectivity index (χ3n) is 6.11. The van der Waals surface area contributed by atoms with Crippen LogP contribution in [0, 0.1) is 0 Å². The Bertz CT molecular complexity index is 1520. The summed E-state index contributed by atoms with van der Waals surface area (Å²) >= 11 is 0. The SMILES string of the molecule is COc1ccc([C@@H]2c3c(c4ccccc4oc3=O)Nc3ccc4ccccc4c32)cc1. The maximum Gasteiger partial charge on any atom is 0.342 e. The van der Waals surface area contributed by atoms with Gasteiger partial charge in [-0.05, 0) is 52.2 Å². The fourth-order valence-corrected chi connectivity index (χ4v) is 4.69. The van der Waals surface area contributed by atoms with Gasteiger partial charge in [0.05, 0.1) is 18.4 Å². The molecule has 0 amide bonds. The summed E-state index contributed by atoms with van der Waals surface area (Å²) in [6.07, 6.45) is 0. The molecule has 1 aliphatic rings. The molecule has 1 aromatic heterocycles. The Morgan fingerprint density at radius 1 is 0.806 bits per heavy atom. The van der Waals surface area contributed by atoms with E-state index in [-0.39, 0.29) is 11.5 Å². The summed E-state index contributed by atoms with van der Waals surface area (Å²) in [5.74, 6) is 0.519. The van der Waals surface area contributed by atoms with E-state index in [4.69, 9.17) is 9.15 Å². The molecule has 0 saturated heterocycles. The zero-order valence-corrected chi connectivity index (χ0v) is 16.9. The second kappa shape index (κ2) is 6.74. The number of para-hydroxylation sites is 1. The Morgan fingerprint density at radius 3 is 2.35 bits per heavy atom. The lowest BCUT2D eigenvalue weighted by atomic mass is 9.79. The van der Waals surface area contributed by atoms with Crippen LogP contribution in [-0.4, -0.2) is 7.11 Å². The van der Waals surface area contributed by atoms with Gasteiger partial charge >= 0.3 is 5.63 Å². The van der Waals surface area contributed by atoms with Gasteiger partial charge in [-0.25, -0.2) is 4.79 Å². The van der Waals surface area contributed by atoms with E-state index in [0.717, 1.165) is 44.4 Å². The van der Waals surface area contributed by atoms with E-state index in [1.165, 1.54) is 0 Å². The van der Waals surface area contributed by atoms with E-state index < -0.39 is 0 Å². The maximum atomic E-state index is 13.3. The van der Waals surface area contributed by atoms with Crippen molar-refractivity contribution < 1.29 is 9.15 Å². The van der Waals surface area contributed by atoms with Crippen LogP contribution in [0.25, 0.3) is 21.7 Å². The molecule has 31 heavy (non-hydrogen) atoms. The first-order valence-corrected chi connectivity index (χ1v) is 10.2. The lowest BCUT2D eigenvalue weighted by Crippen LogP contribution is -2.22. The number of anilines is 2. The second-order valence-electron chi connectivity index (χ2n) is 7.75. The molecule has 2 heterocycles. The maximum absolute atomic E-state index is 13.3. The van der Waals surface area contributed by atoms with Gasteiger partial charge in [-0.3, -0.25) is 0 Å². The summed E-state index contributed by atoms with van der Waals surface area (Å²) in [7, 11) is 1.65. The molecule has 150 valence electrons. The van der Waals surface area contributed by atoms with E-state index in [2.05, 4.69) is 29.6 Å². The van der Waals surface area contributed by atoms with Crippen LogP contribution in [0.3, 0.4) is 0 Å². The fourth-order valence-electron chi connectivity index (χ4n) is 4.69. The molecule has 0 fully saturated rings. The topological polar surface area (TPSA) is 51.5 Å². The van der Waals surface area contributed by atoms with Crippen LogP contribution in [-0.2, 0) is 0 Å². The smallest absolute Gasteiger partial charge is 0.342 e. The van der Waals surface area contributed by atoms with Crippen molar-refractivity contribution in [3.63, 3.8) is 0 Å². The van der Waals surface area contributed by atoms with Gasteiger partial charge in [0.2, 0.25) is 0 Å². The average molecular weight is 405 g/mol. The summed E-state index contributed by atoms with van der Waals surface area (Å²) in [6.45, 7) is 0. The molecule has 0 unspecified atom stereocenters. The molecule has 6 rings (SSSR count). The molecule has 1 atom stereocenters. The average Bonchev–Trinajstić information content (AvgIpc) is 2.83. The van der Waals surface area contributed by atoms with Crippen molar-refractivity contribution in [2.45, 2.75) is 5.92 Å². The van der Waals surface area contributed by atoms with E-state index in [9.17, 15) is 4.79 Å². The molecule has 4 aromatic carbocycles. The molecule has 4 nitrogen and oxygen atoms in total. The van der Waals surface area contributed by atoms with Crippen molar-refractivity contribution in [2.24, 2.45) is 0 Å². The first-order valence-electron chi connectivity index (χ1n) is 10.2. The van der Waals surface area contributed by atoms with Crippen molar-refractivity contribution in [3.8, 4) is 5.75 Å². The molecule has 5 aromatic rings. The lowest BCUT2D eigenvalue weighted by molar-refractivity contribution is 0.414. The minimum atomic E-state index is -0.319. The minimum absolute atomic E-state index is 0.260. The van der Waals surface area contributed by atoms with Crippen molar-refractivity contribution >= 4 is 33.1 Å². The molecule has 0 radical (unpaired) electrons. The Hall–Kier alpha value is -4.05. The summed E-state index contributed by atoms with van der Waals surface area (Å²) in [6, 6.07) is 28.1. The van der Waals surface area contributed by atoms with Crippen LogP contribution >= 0.6 is 0 Å². The lowest BCUT2D eigenvalue weighted by Gasteiger charge is -2.30. The third kappa shape index (κ3) is 2.65. The predicted molar refractivity (Wildman–Crippen MR) is 124 cm³/mol. The largest absolute Gasteiger partial charge is 0.497 e. The van der Waals surface area contributed by atoms with Gasteiger partial charge in [0.15, 0.2) is 0 Å². The molecule has 0 aliphatic carbocycles. The summed E-state index contributed by atoms with van der Waals surface area (Å²) < 4.78 is 11.1. The highest BCUT2D eigenvalue weighted by atomic mass is 16.5. The quantitative estimate of drug-likeness (QED) is 0.349. The monoisotopic (exact) mass is 405 g/mol.